The van der Waals surface area contributed by atoms with Crippen LogP contribution in [0.1, 0.15) is 91.7 Å². The predicted molar refractivity (Wildman–Crippen MR) is 413 cm³/mol. The monoisotopic (exact) mass is 1810 g/mol. The number of phenolic OH excluding ortho intramolecular Hbond substituents is 28. The molecule has 10 unspecified atom stereocenters. The molecule has 0 spiro atoms. The van der Waals surface area contributed by atoms with Crippen molar-refractivity contribution in [3.63, 3.8) is 0 Å². The highest BCUT2D eigenvalue weighted by Gasteiger charge is 2.59. The van der Waals surface area contributed by atoms with Crippen molar-refractivity contribution in [3.05, 3.63) is 129 Å². The van der Waals surface area contributed by atoms with Gasteiger partial charge in [0.15, 0.2) is 139 Å². The second-order valence-electron chi connectivity index (χ2n) is 29.5. The van der Waals surface area contributed by atoms with Crippen LogP contribution in [0.5, 0.6) is 184 Å². The van der Waals surface area contributed by atoms with E-state index >= 15 is 24.0 Å². The van der Waals surface area contributed by atoms with Gasteiger partial charge in [-0.25, -0.2) is 28.8 Å². The molecule has 47 nitrogen and oxygen atoms in total. The molecule has 4 aliphatic heterocycles. The summed E-state index contributed by atoms with van der Waals surface area (Å²) < 4.78 is 64.8. The summed E-state index contributed by atoms with van der Waals surface area (Å²) in [5.41, 5.74) is -13.3. The van der Waals surface area contributed by atoms with Gasteiger partial charge in [-0.05, 0) is 98.0 Å². The summed E-state index contributed by atoms with van der Waals surface area (Å²) in [6.45, 7) is 1.03. The molecule has 5 aliphatic rings. The van der Waals surface area contributed by atoms with Crippen LogP contribution in [0, 0.1) is 18.8 Å². The number of fused-ring (bicyclic) bond motifs is 13. The number of rotatable bonds is 10. The molecule has 0 saturated carbocycles. The van der Waals surface area contributed by atoms with Gasteiger partial charge in [0.25, 0.3) is 0 Å². The van der Waals surface area contributed by atoms with Crippen LogP contribution in [-0.4, -0.2) is 240 Å². The van der Waals surface area contributed by atoms with Crippen LogP contribution in [0.3, 0.4) is 0 Å². The number of ether oxygens (including phenoxy) is 11. The van der Waals surface area contributed by atoms with Crippen LogP contribution >= 0.6 is 0 Å². The van der Waals surface area contributed by atoms with Gasteiger partial charge in [-0.2, -0.15) is 0 Å². The van der Waals surface area contributed by atoms with Gasteiger partial charge in [0.2, 0.25) is 70.8 Å². The summed E-state index contributed by atoms with van der Waals surface area (Å²) in [6, 6.07) is 5.93. The van der Waals surface area contributed by atoms with Crippen LogP contribution in [0.25, 0.3) is 33.4 Å². The fraction of sp³-hybridized carbons (Fsp3) is 0.181. The summed E-state index contributed by atoms with van der Waals surface area (Å²) in [5.74, 6) is -61.9. The third-order valence-corrected chi connectivity index (χ3v) is 21.7. The average Bonchev–Trinajstić information content (AvgIpc) is 1.25. The number of carbonyl (C=O) groups excluding carboxylic acids is 8. The first-order valence-corrected chi connectivity index (χ1v) is 37.2. The fourth-order valence-corrected chi connectivity index (χ4v) is 15.5. The van der Waals surface area contributed by atoms with Crippen molar-refractivity contribution in [2.24, 2.45) is 11.8 Å². The Balaban J connectivity index is 0.837. The normalized spacial score (nSPS) is 19.8. The Bertz CT molecular complexity index is 6580. The Labute approximate surface area is 718 Å². The second kappa shape index (κ2) is 32.0. The lowest BCUT2D eigenvalue weighted by molar-refractivity contribution is -0.267. The molecule has 2 saturated heterocycles. The van der Waals surface area contributed by atoms with Crippen molar-refractivity contribution in [2.75, 3.05) is 0 Å². The van der Waals surface area contributed by atoms with Gasteiger partial charge in [-0.1, -0.05) is 0 Å². The Kier molecular flexibility index (Phi) is 21.4. The fourth-order valence-electron chi connectivity index (χ4n) is 15.5. The topological polar surface area (TPSA) is 805 Å². The van der Waals surface area contributed by atoms with Gasteiger partial charge in [0.1, 0.15) is 23.0 Å². The van der Waals surface area contributed by atoms with Crippen LogP contribution in [0.4, 0.5) is 0 Å². The zero-order chi connectivity index (χ0) is 94.3. The molecule has 0 bridgehead atoms. The van der Waals surface area contributed by atoms with Crippen molar-refractivity contribution in [1.29, 1.82) is 0 Å². The lowest BCUT2D eigenvalue weighted by atomic mass is 9.81. The Morgan fingerprint density at radius 2 is 0.738 bits per heavy atom. The largest absolute Gasteiger partial charge is 0.504 e. The molecule has 0 radical (unpaired) electrons. The molecule has 47 heteroatoms. The number of benzene rings is 10. The zero-order valence-electron chi connectivity index (χ0n) is 64.9. The molecular formula is C83H62O47. The molecule has 15 rings (SSSR count). The van der Waals surface area contributed by atoms with Gasteiger partial charge < -0.3 is 195 Å². The molecule has 676 valence electrons. The molecule has 130 heavy (non-hydrogen) atoms. The maximum Gasteiger partial charge on any atom is 0.344 e. The van der Waals surface area contributed by atoms with Crippen molar-refractivity contribution < 1.29 is 233 Å². The highest BCUT2D eigenvalue weighted by molar-refractivity contribution is 6.09. The number of esters is 8. The molecule has 1 aliphatic carbocycles. The predicted octanol–water partition coefficient (Wildman–Crippen LogP) is 5.86. The first kappa shape index (κ1) is 87.0. The smallest absolute Gasteiger partial charge is 0.344 e. The Morgan fingerprint density at radius 3 is 1.28 bits per heavy atom. The maximum atomic E-state index is 15.4. The van der Waals surface area contributed by atoms with Crippen LogP contribution < -0.4 is 14.2 Å². The molecule has 0 amide bonds. The highest BCUT2D eigenvalue weighted by atomic mass is 16.7. The standard InChI is InChI=1S/C83H62O47/c1-19-47-42(16-39(94)54(19)97)120-46(96)18-44-53(81(119)122-43-17-40(95)62(105)68(111)52(43)47)72(126-75(113)22-7-29(84)55(98)30(85)8-22)74(127-76(114)23-9-31(86)56(99)32(87)10-23)83(124-44)129-77(115)24-11-33(88)57(100)45(12-24)121-70-28(15-38(93)63(106)69(70)112)80(118)130-82-73-71(125-78(116)26-13-36(91)60(103)66(109)50(26)51-27(79(117)128-73)14-37(92)61(104)67(51)110)25-4-21-6-35(90)59(102)65(108)49(21)48-20(2-3-41(25)123-82)5-34(89)58(101)64(48)107/h5-17,25,41,44,53,71-74,82-95,97-112H,2-4,18H2,1H3. The minimum Gasteiger partial charge on any atom is -0.504 e. The second-order valence-corrected chi connectivity index (χ2v) is 29.5. The van der Waals surface area contributed by atoms with Gasteiger partial charge in [-0.3, -0.25) is 9.59 Å². The lowest BCUT2D eigenvalue weighted by Crippen LogP contribution is -2.61. The highest BCUT2D eigenvalue weighted by Crippen LogP contribution is 2.60. The maximum absolute atomic E-state index is 15.4. The van der Waals surface area contributed by atoms with Crippen molar-refractivity contribution >= 4 is 47.8 Å². The minimum atomic E-state index is -2.96. The van der Waals surface area contributed by atoms with E-state index in [1.54, 1.807) is 0 Å². The SMILES string of the molecule is Cc1c(O)c(O)cc2c1-c1c(cc(O)c(O)c1O)OC(=O)C1C(CC(=O)O2)OC(OC(=O)c2cc(O)c(O)c(Oc3c(C(=O)OC4OC5CCc6cc(O)c(O)c(O)c6-c6c(cc(O)c(O)c6O)CC5C5OC(=O)c6cc(O)c(O)c(O)c6-c6c(cc(O)c(O)c6O)C(=O)OC45)cc(O)c(O)c3O)c2)C(OC(=O)c2cc(O)c(O)c(O)c2)C1OC(=O)c1cc(O)c(O)c(O)c1. The molecule has 4 heterocycles. The van der Waals surface area contributed by atoms with E-state index in [2.05, 4.69) is 0 Å². The van der Waals surface area contributed by atoms with Gasteiger partial charge in [-0.15, -0.1) is 0 Å². The van der Waals surface area contributed by atoms with E-state index in [1.165, 1.54) is 0 Å². The molecule has 10 aromatic rings. The van der Waals surface area contributed by atoms with E-state index in [4.69, 9.17) is 52.1 Å². The van der Waals surface area contributed by atoms with E-state index in [1.807, 2.05) is 0 Å². The molecule has 10 aromatic carbocycles. The molecule has 28 N–H and O–H groups in total. The summed E-state index contributed by atoms with van der Waals surface area (Å²) in [6.07, 6.45) is -24.3. The van der Waals surface area contributed by atoms with E-state index < -0.39 is 396 Å². The van der Waals surface area contributed by atoms with Crippen molar-refractivity contribution in [3.8, 4) is 217 Å². The third kappa shape index (κ3) is 14.6. The zero-order valence-corrected chi connectivity index (χ0v) is 64.9. The number of hydrogen-bond acceptors (Lipinski definition) is 47. The van der Waals surface area contributed by atoms with Crippen LogP contribution in [0.2, 0.25) is 0 Å². The Morgan fingerprint density at radius 1 is 0.338 bits per heavy atom. The van der Waals surface area contributed by atoms with Crippen LogP contribution in [-0.2, 0) is 60.3 Å². The summed E-state index contributed by atoms with van der Waals surface area (Å²) in [5, 5.41) is 309. The molecule has 10 atom stereocenters. The van der Waals surface area contributed by atoms with Crippen LogP contribution in [0.15, 0.2) is 78.9 Å². The lowest BCUT2D eigenvalue weighted by Gasteiger charge is -2.45. The average molecular weight is 1810 g/mol. The summed E-state index contributed by atoms with van der Waals surface area (Å²) in [4.78, 5) is 120. The van der Waals surface area contributed by atoms with E-state index in [-0.39, 0.29) is 11.6 Å². The van der Waals surface area contributed by atoms with Gasteiger partial charge in [0, 0.05) is 57.5 Å². The first-order chi connectivity index (χ1) is 61.2. The molecule has 0 aromatic heterocycles. The van der Waals surface area contributed by atoms with E-state index in [0.717, 1.165) is 19.1 Å². The molecule has 2 fully saturated rings. The Hall–Kier alpha value is -17.9. The van der Waals surface area contributed by atoms with Crippen molar-refractivity contribution in [2.45, 2.75) is 81.8 Å². The number of phenols is 28. The quantitative estimate of drug-likeness (QED) is 0.0330. The number of hydrogen-bond donors (Lipinski definition) is 28. The van der Waals surface area contributed by atoms with Gasteiger partial charge in [0.05, 0.1) is 52.0 Å². The minimum absolute atomic E-state index is 0.227. The number of carbonyl (C=O) groups is 8. The van der Waals surface area contributed by atoms with E-state index in [0.29, 0.717) is 60.7 Å². The third-order valence-electron chi connectivity index (χ3n) is 21.7. The number of aryl methyl sites for hydroxylation is 1. The number of aromatic hydroxyl groups is 28. The summed E-state index contributed by atoms with van der Waals surface area (Å²) in [7, 11) is 0. The molecular weight excluding hydrogens is 1750 g/mol. The van der Waals surface area contributed by atoms with E-state index in [9.17, 15) is 157 Å². The van der Waals surface area contributed by atoms with Gasteiger partial charge >= 0.3 is 47.8 Å². The summed E-state index contributed by atoms with van der Waals surface area (Å²) >= 11 is 0. The first-order valence-electron chi connectivity index (χ1n) is 37.2. The van der Waals surface area contributed by atoms with Crippen molar-refractivity contribution in [1.82, 2.24) is 0 Å².